The molecule has 1 aromatic rings. The van der Waals surface area contributed by atoms with Crippen LogP contribution in [0.25, 0.3) is 0 Å². The summed E-state index contributed by atoms with van der Waals surface area (Å²) < 4.78 is 10.8. The summed E-state index contributed by atoms with van der Waals surface area (Å²) in [5.74, 6) is 0.154. The normalized spacial score (nSPS) is 27.9. The fraction of sp³-hybridized carbons (Fsp3) is 0.692. The number of ether oxygens (including phenoxy) is 2. The molecule has 0 radical (unpaired) electrons. The second kappa shape index (κ2) is 8.72. The molecule has 0 bridgehead atoms. The number of unbranched alkanes of at least 4 members (excludes halogenated alkanes) is 1. The van der Waals surface area contributed by atoms with Crippen molar-refractivity contribution in [3.8, 4) is 0 Å². The molecule has 0 aromatic heterocycles. The first kappa shape index (κ1) is 22.8. The molecule has 1 saturated carbocycles. The van der Waals surface area contributed by atoms with Gasteiger partial charge in [-0.25, -0.2) is 4.79 Å². The van der Waals surface area contributed by atoms with Gasteiger partial charge >= 0.3 is 11.9 Å². The maximum atomic E-state index is 13.0. The van der Waals surface area contributed by atoms with Crippen molar-refractivity contribution < 1.29 is 19.1 Å². The Morgan fingerprint density at radius 1 is 1.20 bits per heavy atom. The summed E-state index contributed by atoms with van der Waals surface area (Å²) in [5.41, 5.74) is 3.73. The van der Waals surface area contributed by atoms with E-state index >= 15 is 0 Å². The number of carbonyl (C=O) groups excluding carboxylic acids is 2. The Labute approximate surface area is 181 Å². The first-order chi connectivity index (χ1) is 14.2. The van der Waals surface area contributed by atoms with Crippen molar-refractivity contribution in [2.45, 2.75) is 90.9 Å². The van der Waals surface area contributed by atoms with Crippen LogP contribution >= 0.6 is 0 Å². The van der Waals surface area contributed by atoms with Gasteiger partial charge < -0.3 is 9.47 Å². The molecule has 3 atom stereocenters. The molecule has 166 valence electrons. The third-order valence-electron chi connectivity index (χ3n) is 7.75. The second-order valence-electron chi connectivity index (χ2n) is 10.0. The zero-order valence-corrected chi connectivity index (χ0v) is 19.6. The lowest BCUT2D eigenvalue weighted by molar-refractivity contribution is -0.161. The molecule has 0 saturated heterocycles. The molecule has 2 aliphatic rings. The quantitative estimate of drug-likeness (QED) is 0.426. The van der Waals surface area contributed by atoms with Crippen LogP contribution in [0.3, 0.4) is 0 Å². The molecule has 0 aliphatic heterocycles. The molecule has 3 rings (SSSR count). The maximum Gasteiger partial charge on any atom is 0.338 e. The highest BCUT2D eigenvalue weighted by Crippen LogP contribution is 2.58. The number of rotatable bonds is 6. The molecule has 2 aliphatic carbocycles. The minimum atomic E-state index is -0.474. The molecule has 4 heteroatoms. The van der Waals surface area contributed by atoms with Crippen molar-refractivity contribution in [1.29, 1.82) is 0 Å². The number of carbonyl (C=O) groups is 2. The van der Waals surface area contributed by atoms with Gasteiger partial charge in [0.05, 0.1) is 24.7 Å². The third-order valence-corrected chi connectivity index (χ3v) is 7.75. The van der Waals surface area contributed by atoms with E-state index in [4.69, 9.17) is 9.47 Å². The van der Waals surface area contributed by atoms with Crippen molar-refractivity contribution in [2.75, 3.05) is 13.7 Å². The molecule has 1 aromatic carbocycles. The monoisotopic (exact) mass is 414 g/mol. The minimum absolute atomic E-state index is 0.0973. The Balaban J connectivity index is 2.07. The van der Waals surface area contributed by atoms with E-state index in [0.29, 0.717) is 12.2 Å². The summed E-state index contributed by atoms with van der Waals surface area (Å²) in [6.45, 7) is 11.2. The lowest BCUT2D eigenvalue weighted by atomic mass is 9.49. The van der Waals surface area contributed by atoms with Crippen LogP contribution in [0.15, 0.2) is 12.1 Å². The van der Waals surface area contributed by atoms with Crippen LogP contribution in [-0.4, -0.2) is 25.7 Å². The average Bonchev–Trinajstić information content (AvgIpc) is 2.72. The maximum absolute atomic E-state index is 13.0. The number of hydrogen-bond donors (Lipinski definition) is 0. The summed E-state index contributed by atoms with van der Waals surface area (Å²) in [6, 6.07) is 4.34. The van der Waals surface area contributed by atoms with Gasteiger partial charge in [-0.3, -0.25) is 4.79 Å². The Kier molecular flexibility index (Phi) is 6.64. The van der Waals surface area contributed by atoms with Crippen LogP contribution in [0.4, 0.5) is 0 Å². The number of hydrogen-bond acceptors (Lipinski definition) is 4. The lowest BCUT2D eigenvalue weighted by Gasteiger charge is -2.54. The van der Waals surface area contributed by atoms with Crippen molar-refractivity contribution in [3.05, 3.63) is 34.4 Å². The number of aryl methyl sites for hydroxylation is 1. The van der Waals surface area contributed by atoms with Crippen LogP contribution in [0, 0.1) is 11.3 Å². The van der Waals surface area contributed by atoms with E-state index in [9.17, 15) is 9.59 Å². The molecule has 0 heterocycles. The summed E-state index contributed by atoms with van der Waals surface area (Å²) in [4.78, 5) is 25.7. The summed E-state index contributed by atoms with van der Waals surface area (Å²) in [5, 5.41) is 0. The van der Waals surface area contributed by atoms with Crippen molar-refractivity contribution in [3.63, 3.8) is 0 Å². The zero-order valence-electron chi connectivity index (χ0n) is 19.6. The average molecular weight is 415 g/mol. The first-order valence-corrected chi connectivity index (χ1v) is 11.6. The number of methoxy groups -OCH3 is 1. The lowest BCUT2D eigenvalue weighted by Crippen LogP contribution is -2.52. The molecular formula is C26H38O4. The van der Waals surface area contributed by atoms with E-state index < -0.39 is 5.41 Å². The highest BCUT2D eigenvalue weighted by Gasteiger charge is 2.55. The second-order valence-corrected chi connectivity index (χ2v) is 10.0. The molecule has 0 spiro atoms. The molecular weight excluding hydrogens is 376 g/mol. The van der Waals surface area contributed by atoms with E-state index in [1.807, 2.05) is 0 Å². The van der Waals surface area contributed by atoms with Gasteiger partial charge in [-0.1, -0.05) is 46.6 Å². The SMILES string of the molecule is CCCCOC(=O)c1cc2c(cc1C(C)C)CCC1C(C)(C(=O)OC)CCCC21C. The topological polar surface area (TPSA) is 52.6 Å². The third kappa shape index (κ3) is 3.78. The van der Waals surface area contributed by atoms with E-state index in [1.54, 1.807) is 0 Å². The van der Waals surface area contributed by atoms with E-state index in [0.717, 1.165) is 50.5 Å². The van der Waals surface area contributed by atoms with Gasteiger partial charge in [-0.2, -0.15) is 0 Å². The number of fused-ring (bicyclic) bond motifs is 3. The summed E-state index contributed by atoms with van der Waals surface area (Å²) >= 11 is 0. The number of benzene rings is 1. The Morgan fingerprint density at radius 3 is 2.57 bits per heavy atom. The molecule has 30 heavy (non-hydrogen) atoms. The van der Waals surface area contributed by atoms with E-state index in [1.165, 1.54) is 18.2 Å². The first-order valence-electron chi connectivity index (χ1n) is 11.6. The Hall–Kier alpha value is -1.84. The van der Waals surface area contributed by atoms with Crippen molar-refractivity contribution in [2.24, 2.45) is 11.3 Å². The van der Waals surface area contributed by atoms with E-state index in [-0.39, 0.29) is 29.2 Å². The van der Waals surface area contributed by atoms with Gasteiger partial charge in [0.25, 0.3) is 0 Å². The molecule has 3 unspecified atom stereocenters. The fourth-order valence-corrected chi connectivity index (χ4v) is 6.05. The molecule has 4 nitrogen and oxygen atoms in total. The summed E-state index contributed by atoms with van der Waals surface area (Å²) in [6.07, 6.45) is 6.68. The van der Waals surface area contributed by atoms with Crippen molar-refractivity contribution in [1.82, 2.24) is 0 Å². The minimum Gasteiger partial charge on any atom is -0.469 e. The zero-order chi connectivity index (χ0) is 22.1. The van der Waals surface area contributed by atoms with Crippen LogP contribution in [0.2, 0.25) is 0 Å². The Bertz CT molecular complexity index is 811. The summed E-state index contributed by atoms with van der Waals surface area (Å²) in [7, 11) is 1.50. The Morgan fingerprint density at radius 2 is 1.93 bits per heavy atom. The highest BCUT2D eigenvalue weighted by molar-refractivity contribution is 5.92. The number of esters is 2. The largest absolute Gasteiger partial charge is 0.469 e. The molecule has 1 fully saturated rings. The molecule has 0 N–H and O–H groups in total. The van der Waals surface area contributed by atoms with Gasteiger partial charge in [0.2, 0.25) is 0 Å². The predicted octanol–water partition coefficient (Wildman–Crippen LogP) is 5.95. The van der Waals surface area contributed by atoms with Crippen LogP contribution in [0.5, 0.6) is 0 Å². The van der Waals surface area contributed by atoms with Gasteiger partial charge in [0.15, 0.2) is 0 Å². The van der Waals surface area contributed by atoms with Crippen LogP contribution in [-0.2, 0) is 26.1 Å². The van der Waals surface area contributed by atoms with Crippen LogP contribution in [0.1, 0.15) is 106 Å². The van der Waals surface area contributed by atoms with Gasteiger partial charge in [-0.15, -0.1) is 0 Å². The van der Waals surface area contributed by atoms with Gasteiger partial charge in [0.1, 0.15) is 0 Å². The smallest absolute Gasteiger partial charge is 0.338 e. The fourth-order valence-electron chi connectivity index (χ4n) is 6.05. The highest BCUT2D eigenvalue weighted by atomic mass is 16.5. The predicted molar refractivity (Wildman–Crippen MR) is 119 cm³/mol. The molecule has 0 amide bonds. The van der Waals surface area contributed by atoms with E-state index in [2.05, 4.69) is 46.8 Å². The van der Waals surface area contributed by atoms with Gasteiger partial charge in [-0.05, 0) is 79.0 Å². The van der Waals surface area contributed by atoms with Crippen LogP contribution < -0.4 is 0 Å². The van der Waals surface area contributed by atoms with Gasteiger partial charge in [0, 0.05) is 0 Å². The standard InChI is InChI=1S/C26H38O4/c1-7-8-14-30-23(27)20-16-21-18(15-19(20)17(2)3)10-11-22-25(21,4)12-9-13-26(22,5)24(28)29-6/h15-17,22H,7-14H2,1-6H3. The van der Waals surface area contributed by atoms with Crippen molar-refractivity contribution >= 4 is 11.9 Å².